The van der Waals surface area contributed by atoms with Gasteiger partial charge in [0.15, 0.2) is 0 Å². The molecule has 2 rings (SSSR count). The first-order valence-electron chi connectivity index (χ1n) is 6.10. The van der Waals surface area contributed by atoms with E-state index in [1.54, 1.807) is 6.07 Å². The Kier molecular flexibility index (Phi) is 4.60. The quantitative estimate of drug-likeness (QED) is 0.583. The summed E-state index contributed by atoms with van der Waals surface area (Å²) in [6, 6.07) is 6.25. The van der Waals surface area contributed by atoms with Crippen molar-refractivity contribution in [1.29, 1.82) is 0 Å². The fraction of sp³-hybridized carbons (Fsp3) is 0.538. The highest BCUT2D eigenvalue weighted by molar-refractivity contribution is 7.80. The lowest BCUT2D eigenvalue weighted by atomic mass is 9.95. The van der Waals surface area contributed by atoms with Crippen molar-refractivity contribution in [2.24, 2.45) is 0 Å². The van der Waals surface area contributed by atoms with Crippen molar-refractivity contribution in [3.05, 3.63) is 28.8 Å². The van der Waals surface area contributed by atoms with Gasteiger partial charge in [0.25, 0.3) is 0 Å². The SMILES string of the molecule is Nc1cc(Cl)ccc1CN[C@@H]1CCC[C@H](S)C1. The second-order valence-corrected chi connectivity index (χ2v) is 5.91. The van der Waals surface area contributed by atoms with Crippen LogP contribution in [0, 0.1) is 0 Å². The molecule has 0 saturated heterocycles. The average Bonchev–Trinajstić information content (AvgIpc) is 2.28. The fourth-order valence-electron chi connectivity index (χ4n) is 2.33. The molecule has 0 aliphatic heterocycles. The van der Waals surface area contributed by atoms with Crippen molar-refractivity contribution in [2.45, 2.75) is 43.5 Å². The van der Waals surface area contributed by atoms with Gasteiger partial charge in [0.2, 0.25) is 0 Å². The van der Waals surface area contributed by atoms with Crippen LogP contribution in [0.25, 0.3) is 0 Å². The summed E-state index contributed by atoms with van der Waals surface area (Å²) in [5.74, 6) is 0. The summed E-state index contributed by atoms with van der Waals surface area (Å²) >= 11 is 10.4. The van der Waals surface area contributed by atoms with E-state index in [1.165, 1.54) is 19.3 Å². The molecule has 1 aromatic carbocycles. The van der Waals surface area contributed by atoms with Crippen LogP contribution in [0.15, 0.2) is 18.2 Å². The highest BCUT2D eigenvalue weighted by Crippen LogP contribution is 2.23. The molecular formula is C13H19ClN2S. The average molecular weight is 271 g/mol. The van der Waals surface area contributed by atoms with Gasteiger partial charge in [-0.25, -0.2) is 0 Å². The van der Waals surface area contributed by atoms with Gasteiger partial charge in [0.05, 0.1) is 0 Å². The van der Waals surface area contributed by atoms with Crippen LogP contribution in [0.1, 0.15) is 31.2 Å². The minimum Gasteiger partial charge on any atom is -0.398 e. The standard InChI is InChI=1S/C13H19ClN2S/c14-10-5-4-9(13(15)6-10)8-16-11-2-1-3-12(17)7-11/h4-6,11-12,16-17H,1-3,7-8,15H2/t11-,12+/m1/s1. The molecule has 3 N–H and O–H groups in total. The van der Waals surface area contributed by atoms with E-state index in [-0.39, 0.29) is 0 Å². The lowest BCUT2D eigenvalue weighted by molar-refractivity contribution is 0.381. The largest absolute Gasteiger partial charge is 0.398 e. The van der Waals surface area contributed by atoms with Gasteiger partial charge in [0.1, 0.15) is 0 Å². The molecule has 2 nitrogen and oxygen atoms in total. The first-order valence-corrected chi connectivity index (χ1v) is 7.00. The van der Waals surface area contributed by atoms with Crippen LogP contribution < -0.4 is 11.1 Å². The lowest BCUT2D eigenvalue weighted by Crippen LogP contribution is -2.34. The number of hydrogen-bond acceptors (Lipinski definition) is 3. The Morgan fingerprint density at radius 3 is 2.94 bits per heavy atom. The second-order valence-electron chi connectivity index (χ2n) is 4.74. The summed E-state index contributed by atoms with van der Waals surface area (Å²) in [5.41, 5.74) is 7.81. The van der Waals surface area contributed by atoms with Crippen LogP contribution in [-0.4, -0.2) is 11.3 Å². The summed E-state index contributed by atoms with van der Waals surface area (Å²) in [7, 11) is 0. The van der Waals surface area contributed by atoms with Crippen molar-refractivity contribution < 1.29 is 0 Å². The third kappa shape index (κ3) is 3.80. The van der Waals surface area contributed by atoms with Gasteiger partial charge in [0, 0.05) is 28.5 Å². The van der Waals surface area contributed by atoms with Gasteiger partial charge in [-0.1, -0.05) is 24.1 Å². The Morgan fingerprint density at radius 1 is 1.41 bits per heavy atom. The number of thiol groups is 1. The Bertz CT molecular complexity index is 384. The van der Waals surface area contributed by atoms with E-state index in [2.05, 4.69) is 17.9 Å². The van der Waals surface area contributed by atoms with Crippen molar-refractivity contribution in [3.63, 3.8) is 0 Å². The van der Waals surface area contributed by atoms with Gasteiger partial charge >= 0.3 is 0 Å². The summed E-state index contributed by atoms with van der Waals surface area (Å²) < 4.78 is 0. The Morgan fingerprint density at radius 2 is 2.24 bits per heavy atom. The Balaban J connectivity index is 1.88. The second kappa shape index (κ2) is 5.98. The van der Waals surface area contributed by atoms with Crippen molar-refractivity contribution >= 4 is 29.9 Å². The maximum absolute atomic E-state index is 5.92. The van der Waals surface area contributed by atoms with E-state index in [9.17, 15) is 0 Å². The van der Waals surface area contributed by atoms with E-state index in [1.807, 2.05) is 12.1 Å². The predicted molar refractivity (Wildman–Crippen MR) is 77.7 cm³/mol. The number of nitrogens with two attached hydrogens (primary N) is 1. The molecule has 0 heterocycles. The van der Waals surface area contributed by atoms with Crippen LogP contribution in [-0.2, 0) is 6.54 Å². The van der Waals surface area contributed by atoms with Gasteiger partial charge < -0.3 is 11.1 Å². The number of benzene rings is 1. The third-order valence-corrected chi connectivity index (χ3v) is 4.04. The number of halogens is 1. The summed E-state index contributed by atoms with van der Waals surface area (Å²) in [6.45, 7) is 0.814. The molecule has 1 aliphatic carbocycles. The van der Waals surface area contributed by atoms with Crippen molar-refractivity contribution in [2.75, 3.05) is 5.73 Å². The minimum atomic E-state index is 0.545. The third-order valence-electron chi connectivity index (χ3n) is 3.34. The molecule has 0 spiro atoms. The number of anilines is 1. The molecule has 0 unspecified atom stereocenters. The van der Waals surface area contributed by atoms with Crippen molar-refractivity contribution in [1.82, 2.24) is 5.32 Å². The molecule has 94 valence electrons. The molecule has 4 heteroatoms. The van der Waals surface area contributed by atoms with E-state index < -0.39 is 0 Å². The van der Waals surface area contributed by atoms with E-state index in [0.717, 1.165) is 24.2 Å². The topological polar surface area (TPSA) is 38.0 Å². The maximum Gasteiger partial charge on any atom is 0.0426 e. The molecule has 0 radical (unpaired) electrons. The fourth-order valence-corrected chi connectivity index (χ4v) is 2.95. The highest BCUT2D eigenvalue weighted by atomic mass is 35.5. The zero-order valence-electron chi connectivity index (χ0n) is 9.82. The monoisotopic (exact) mass is 270 g/mol. The first-order chi connectivity index (χ1) is 8.15. The number of rotatable bonds is 3. The Labute approximate surface area is 113 Å². The molecule has 0 aromatic heterocycles. The normalized spacial score (nSPS) is 24.8. The number of nitrogens with one attached hydrogen (secondary N) is 1. The van der Waals surface area contributed by atoms with Crippen LogP contribution in [0.4, 0.5) is 5.69 Å². The van der Waals surface area contributed by atoms with Crippen LogP contribution in [0.2, 0.25) is 5.02 Å². The van der Waals surface area contributed by atoms with Gasteiger partial charge in [-0.3, -0.25) is 0 Å². The predicted octanol–water partition coefficient (Wildman–Crippen LogP) is 3.25. The Hall–Kier alpha value is -0.380. The van der Waals surface area contributed by atoms with Gasteiger partial charge in [-0.15, -0.1) is 0 Å². The van der Waals surface area contributed by atoms with Gasteiger partial charge in [-0.2, -0.15) is 12.6 Å². The smallest absolute Gasteiger partial charge is 0.0426 e. The van der Waals surface area contributed by atoms with Crippen LogP contribution in [0.3, 0.4) is 0 Å². The molecule has 0 amide bonds. The zero-order chi connectivity index (χ0) is 12.3. The number of hydrogen-bond donors (Lipinski definition) is 3. The summed E-state index contributed by atoms with van der Waals surface area (Å²) in [5, 5.41) is 4.80. The van der Waals surface area contributed by atoms with E-state index in [0.29, 0.717) is 16.3 Å². The van der Waals surface area contributed by atoms with Crippen molar-refractivity contribution in [3.8, 4) is 0 Å². The first kappa shape index (κ1) is 13.1. The molecule has 1 aromatic rings. The highest BCUT2D eigenvalue weighted by Gasteiger charge is 2.18. The summed E-state index contributed by atoms with van der Waals surface area (Å²) in [6.07, 6.45) is 4.90. The van der Waals surface area contributed by atoms with Crippen LogP contribution >= 0.6 is 24.2 Å². The molecule has 2 atom stereocenters. The summed E-state index contributed by atoms with van der Waals surface area (Å²) in [4.78, 5) is 0. The molecule has 1 aliphatic rings. The maximum atomic E-state index is 5.92. The molecule has 1 saturated carbocycles. The molecule has 0 bridgehead atoms. The van der Waals surface area contributed by atoms with Crippen LogP contribution in [0.5, 0.6) is 0 Å². The van der Waals surface area contributed by atoms with Gasteiger partial charge in [-0.05, 0) is 37.0 Å². The molecule has 1 fully saturated rings. The number of nitrogen functional groups attached to an aromatic ring is 1. The zero-order valence-corrected chi connectivity index (χ0v) is 11.5. The van der Waals surface area contributed by atoms with E-state index in [4.69, 9.17) is 17.3 Å². The molecular weight excluding hydrogens is 252 g/mol. The lowest BCUT2D eigenvalue weighted by Gasteiger charge is -2.27. The minimum absolute atomic E-state index is 0.545. The molecule has 17 heavy (non-hydrogen) atoms. The van der Waals surface area contributed by atoms with E-state index >= 15 is 0 Å².